The fourth-order valence-electron chi connectivity index (χ4n) is 0.510. The molecule has 1 saturated heterocycles. The van der Waals surface area contributed by atoms with Crippen LogP contribution < -0.4 is 0 Å². The minimum atomic E-state index is 1.00. The molecule has 1 aliphatic heterocycles. The summed E-state index contributed by atoms with van der Waals surface area (Å²) >= 11 is 2.29. The number of hydrogen-bond donors (Lipinski definition) is 0. The van der Waals surface area contributed by atoms with Crippen molar-refractivity contribution < 1.29 is 4.74 Å². The molecule has 0 aromatic heterocycles. The second-order valence-electron chi connectivity index (χ2n) is 1.59. The van der Waals surface area contributed by atoms with Gasteiger partial charge in [-0.1, -0.05) is 29.5 Å². The molecule has 1 fully saturated rings. The summed E-state index contributed by atoms with van der Waals surface area (Å²) in [4.78, 5) is 0. The van der Waals surface area contributed by atoms with E-state index in [4.69, 9.17) is 4.74 Å². The molecule has 1 rings (SSSR count). The van der Waals surface area contributed by atoms with Crippen molar-refractivity contribution in [2.24, 2.45) is 0 Å². The largest absolute Gasteiger partial charge is 0.381 e. The summed E-state index contributed by atoms with van der Waals surface area (Å²) in [6.07, 6.45) is 2.56. The molecular formula is C6H13IO. The molecule has 0 aromatic carbocycles. The average Bonchev–Trinajstić information content (AvgIpc) is 2.17. The molecule has 0 radical (unpaired) electrons. The lowest BCUT2D eigenvalue weighted by molar-refractivity contribution is 0.198. The zero-order valence-corrected chi connectivity index (χ0v) is 7.48. The first-order valence-electron chi connectivity index (χ1n) is 3.05. The summed E-state index contributed by atoms with van der Waals surface area (Å²) in [5.41, 5.74) is 0. The Labute approximate surface area is 64.9 Å². The molecule has 1 nitrogen and oxygen atoms in total. The lowest BCUT2D eigenvalue weighted by atomic mass is 10.4. The summed E-state index contributed by atoms with van der Waals surface area (Å²) in [5, 5.41) is 0. The predicted molar refractivity (Wildman–Crippen MR) is 44.6 cm³/mol. The van der Waals surface area contributed by atoms with Crippen LogP contribution in [0.15, 0.2) is 0 Å². The molecular weight excluding hydrogens is 215 g/mol. The van der Waals surface area contributed by atoms with Gasteiger partial charge < -0.3 is 4.74 Å². The highest BCUT2D eigenvalue weighted by molar-refractivity contribution is 14.1. The van der Waals surface area contributed by atoms with E-state index in [-0.39, 0.29) is 0 Å². The third-order valence-corrected chi connectivity index (χ3v) is 0.827. The Morgan fingerprint density at radius 1 is 1.38 bits per heavy atom. The van der Waals surface area contributed by atoms with Crippen LogP contribution in [0.5, 0.6) is 0 Å². The molecule has 8 heavy (non-hydrogen) atoms. The summed E-state index contributed by atoms with van der Waals surface area (Å²) in [7, 11) is 0. The van der Waals surface area contributed by atoms with Gasteiger partial charge in [-0.05, 0) is 17.3 Å². The van der Waals surface area contributed by atoms with Gasteiger partial charge in [0, 0.05) is 13.2 Å². The van der Waals surface area contributed by atoms with Gasteiger partial charge in [-0.2, -0.15) is 0 Å². The fourth-order valence-corrected chi connectivity index (χ4v) is 0.510. The first-order valence-corrected chi connectivity index (χ1v) is 4.58. The van der Waals surface area contributed by atoms with E-state index in [9.17, 15) is 0 Å². The van der Waals surface area contributed by atoms with Crippen molar-refractivity contribution in [3.63, 3.8) is 0 Å². The molecule has 0 N–H and O–H groups in total. The lowest BCUT2D eigenvalue weighted by Gasteiger charge is -1.76. The molecule has 0 saturated carbocycles. The van der Waals surface area contributed by atoms with Gasteiger partial charge in [-0.3, -0.25) is 0 Å². The van der Waals surface area contributed by atoms with Crippen LogP contribution in [-0.4, -0.2) is 17.6 Å². The smallest absolute Gasteiger partial charge is 0.0466 e. The Morgan fingerprint density at radius 3 is 1.88 bits per heavy atom. The highest BCUT2D eigenvalue weighted by atomic mass is 127. The normalized spacial score (nSPS) is 17.2. The predicted octanol–water partition coefficient (Wildman–Crippen LogP) is 2.24. The van der Waals surface area contributed by atoms with Crippen LogP contribution in [0.25, 0.3) is 0 Å². The molecule has 50 valence electrons. The van der Waals surface area contributed by atoms with Crippen molar-refractivity contribution in [2.45, 2.75) is 19.8 Å². The summed E-state index contributed by atoms with van der Waals surface area (Å²) in [6.45, 7) is 4.11. The topological polar surface area (TPSA) is 9.23 Å². The Morgan fingerprint density at radius 2 is 1.75 bits per heavy atom. The van der Waals surface area contributed by atoms with E-state index in [1.165, 1.54) is 17.3 Å². The van der Waals surface area contributed by atoms with E-state index in [1.807, 2.05) is 0 Å². The molecule has 0 atom stereocenters. The maximum absolute atomic E-state index is 4.94. The first-order chi connectivity index (χ1) is 3.91. The number of rotatable bonds is 0. The first kappa shape index (κ1) is 8.69. The third kappa shape index (κ3) is 6.69. The SMILES string of the molecule is C1CCOC1.CCI. The maximum Gasteiger partial charge on any atom is 0.0466 e. The van der Waals surface area contributed by atoms with Crippen LogP contribution in [0, 0.1) is 0 Å². The van der Waals surface area contributed by atoms with Crippen molar-refractivity contribution in [3.8, 4) is 0 Å². The van der Waals surface area contributed by atoms with Crippen LogP contribution in [0.4, 0.5) is 0 Å². The monoisotopic (exact) mass is 228 g/mol. The maximum atomic E-state index is 4.94. The zero-order valence-electron chi connectivity index (χ0n) is 5.32. The summed E-state index contributed by atoms with van der Waals surface area (Å²) < 4.78 is 6.16. The molecule has 0 aliphatic carbocycles. The van der Waals surface area contributed by atoms with E-state index in [1.54, 1.807) is 0 Å². The van der Waals surface area contributed by atoms with E-state index < -0.39 is 0 Å². The zero-order chi connectivity index (χ0) is 6.24. The van der Waals surface area contributed by atoms with Gasteiger partial charge in [0.05, 0.1) is 0 Å². The Bertz CT molecular complexity index is 27.9. The second-order valence-corrected chi connectivity index (χ2v) is 3.11. The molecule has 0 amide bonds. The minimum Gasteiger partial charge on any atom is -0.381 e. The molecule has 0 bridgehead atoms. The van der Waals surface area contributed by atoms with E-state index >= 15 is 0 Å². The molecule has 1 heterocycles. The molecule has 2 heteroatoms. The van der Waals surface area contributed by atoms with Crippen molar-refractivity contribution >= 4 is 22.6 Å². The van der Waals surface area contributed by atoms with Crippen LogP contribution >= 0.6 is 22.6 Å². The Hall–Kier alpha value is 0.690. The van der Waals surface area contributed by atoms with Crippen molar-refractivity contribution in [1.29, 1.82) is 0 Å². The molecule has 0 spiro atoms. The van der Waals surface area contributed by atoms with Crippen LogP contribution in [-0.2, 0) is 4.74 Å². The summed E-state index contributed by atoms with van der Waals surface area (Å²) in [6, 6.07) is 0. The molecule has 0 aromatic rings. The minimum absolute atomic E-state index is 1.00. The van der Waals surface area contributed by atoms with Crippen molar-refractivity contribution in [2.75, 3.05) is 17.6 Å². The Kier molecular flexibility index (Phi) is 8.35. The van der Waals surface area contributed by atoms with Crippen molar-refractivity contribution in [1.82, 2.24) is 0 Å². The highest BCUT2D eigenvalue weighted by Crippen LogP contribution is 1.98. The highest BCUT2D eigenvalue weighted by Gasteiger charge is 1.94. The third-order valence-electron chi connectivity index (χ3n) is 0.827. The van der Waals surface area contributed by atoms with Gasteiger partial charge in [-0.25, -0.2) is 0 Å². The van der Waals surface area contributed by atoms with Gasteiger partial charge in [0.1, 0.15) is 0 Å². The van der Waals surface area contributed by atoms with E-state index in [0.29, 0.717) is 0 Å². The van der Waals surface area contributed by atoms with Gasteiger partial charge in [0.15, 0.2) is 0 Å². The van der Waals surface area contributed by atoms with Gasteiger partial charge in [-0.15, -0.1) is 0 Å². The lowest BCUT2D eigenvalue weighted by Crippen LogP contribution is -1.74. The molecule has 1 aliphatic rings. The number of hydrogen-bond acceptors (Lipinski definition) is 1. The Balaban J connectivity index is 0.000000145. The van der Waals surface area contributed by atoms with Gasteiger partial charge in [0.2, 0.25) is 0 Å². The quantitative estimate of drug-likeness (QED) is 0.456. The summed E-state index contributed by atoms with van der Waals surface area (Å²) in [5.74, 6) is 0. The number of alkyl halides is 1. The van der Waals surface area contributed by atoms with Gasteiger partial charge >= 0.3 is 0 Å². The molecule has 0 unspecified atom stereocenters. The van der Waals surface area contributed by atoms with E-state index in [0.717, 1.165) is 13.2 Å². The van der Waals surface area contributed by atoms with Crippen molar-refractivity contribution in [3.05, 3.63) is 0 Å². The van der Waals surface area contributed by atoms with Gasteiger partial charge in [0.25, 0.3) is 0 Å². The fraction of sp³-hybridized carbons (Fsp3) is 1.00. The van der Waals surface area contributed by atoms with Crippen LogP contribution in [0.3, 0.4) is 0 Å². The van der Waals surface area contributed by atoms with Crippen LogP contribution in [0.1, 0.15) is 19.8 Å². The standard InChI is InChI=1S/C4H8O.C2H5I/c1-2-4-5-3-1;1-2-3/h1-4H2;2H2,1H3. The van der Waals surface area contributed by atoms with E-state index in [2.05, 4.69) is 29.5 Å². The second kappa shape index (κ2) is 7.69. The van der Waals surface area contributed by atoms with Crippen LogP contribution in [0.2, 0.25) is 0 Å². The average molecular weight is 228 g/mol. The number of ether oxygens (including phenoxy) is 1. The number of halogens is 1.